The fourth-order valence-corrected chi connectivity index (χ4v) is 7.86. The molecule has 0 aliphatic carbocycles. The number of rotatable bonds is 8. The molecule has 9 atom stereocenters. The minimum absolute atomic E-state index is 0.0945. The maximum absolute atomic E-state index is 14.0. The summed E-state index contributed by atoms with van der Waals surface area (Å²) >= 11 is 0. The van der Waals surface area contributed by atoms with Crippen molar-refractivity contribution in [2.24, 2.45) is 17.8 Å². The number of cyclic esters (lactones) is 1. The van der Waals surface area contributed by atoms with Crippen molar-refractivity contribution in [3.63, 3.8) is 0 Å². The molecule has 0 saturated carbocycles. The number of carbonyl (C=O) groups excluding carboxylic acids is 3. The minimum atomic E-state index is -1.03. The number of hydrogen-bond donors (Lipinski definition) is 1. The van der Waals surface area contributed by atoms with E-state index in [0.717, 1.165) is 13.1 Å². The summed E-state index contributed by atoms with van der Waals surface area (Å²) in [5.41, 5.74) is -1.42. The van der Waals surface area contributed by atoms with Gasteiger partial charge >= 0.3 is 5.97 Å². The molecule has 0 bridgehead atoms. The summed E-state index contributed by atoms with van der Waals surface area (Å²) in [7, 11) is 7.51. The van der Waals surface area contributed by atoms with Crippen molar-refractivity contribution in [1.29, 1.82) is 0 Å². The number of amides is 1. The van der Waals surface area contributed by atoms with Crippen molar-refractivity contribution >= 4 is 17.7 Å². The number of hydrogen-bond acceptors (Lipinski definition) is 11. The van der Waals surface area contributed by atoms with Crippen LogP contribution in [0.5, 0.6) is 0 Å². The molecule has 1 spiro atoms. The molecular weight excluding hydrogens is 604 g/mol. The third-order valence-corrected chi connectivity index (χ3v) is 11.2. The smallest absolute Gasteiger partial charge is 0.316 e. The molecule has 1 unspecified atom stereocenters. The summed E-state index contributed by atoms with van der Waals surface area (Å²) in [6.45, 7) is 17.5. The number of aliphatic hydroxyl groups is 1. The first kappa shape index (κ1) is 39.8. The van der Waals surface area contributed by atoms with Crippen LogP contribution < -0.4 is 0 Å². The Bertz CT molecular complexity index is 1050. The molecule has 1 amide bonds. The Kier molecular flexibility index (Phi) is 14.2. The Morgan fingerprint density at radius 1 is 1.09 bits per heavy atom. The zero-order valence-corrected chi connectivity index (χ0v) is 31.0. The Hall–Kier alpha value is -1.67. The topological polar surface area (TPSA) is 121 Å². The van der Waals surface area contributed by atoms with Crippen LogP contribution in [0.4, 0.5) is 0 Å². The largest absolute Gasteiger partial charge is 0.463 e. The zero-order chi connectivity index (χ0) is 35.3. The van der Waals surface area contributed by atoms with Crippen molar-refractivity contribution in [3.05, 3.63) is 0 Å². The molecule has 3 rings (SSSR count). The van der Waals surface area contributed by atoms with Gasteiger partial charge in [-0.2, -0.15) is 0 Å². The number of ether oxygens (including phenoxy) is 4. The second kappa shape index (κ2) is 16.8. The lowest BCUT2D eigenvalue weighted by Gasteiger charge is -2.48. The molecule has 3 heterocycles. The van der Waals surface area contributed by atoms with E-state index in [1.165, 1.54) is 0 Å². The molecule has 12 nitrogen and oxygen atoms in total. The molecule has 0 aromatic rings. The highest BCUT2D eigenvalue weighted by atomic mass is 16.7. The SMILES string of the molecule is CCN(CC)CC(=O)N1CCC2(CC1)COC(=O)C(C)C(=O)[C@H](C)[C@@H](O[C@@H]1O[C@H](C)C[C@H](N(C)C)[C@H]1O)[C@](C)(OC)C[C@@H](C)CN2C. The van der Waals surface area contributed by atoms with Crippen molar-refractivity contribution in [1.82, 2.24) is 19.6 Å². The van der Waals surface area contributed by atoms with Crippen LogP contribution in [0.25, 0.3) is 0 Å². The fraction of sp³-hybridized carbons (Fsp3) is 0.914. The highest BCUT2D eigenvalue weighted by Gasteiger charge is 2.50. The predicted octanol–water partition coefficient (Wildman–Crippen LogP) is 2.26. The van der Waals surface area contributed by atoms with Gasteiger partial charge in [-0.05, 0) is 86.6 Å². The van der Waals surface area contributed by atoms with Crippen LogP contribution >= 0.6 is 0 Å². The average Bonchev–Trinajstić information content (AvgIpc) is 3.04. The van der Waals surface area contributed by atoms with Crippen LogP contribution in [0.2, 0.25) is 0 Å². The number of aliphatic hydroxyl groups excluding tert-OH is 1. The summed E-state index contributed by atoms with van der Waals surface area (Å²) in [6, 6.07) is -0.185. The van der Waals surface area contributed by atoms with Gasteiger partial charge in [0.25, 0.3) is 0 Å². The van der Waals surface area contributed by atoms with E-state index in [2.05, 4.69) is 37.6 Å². The van der Waals surface area contributed by atoms with Gasteiger partial charge in [0.1, 0.15) is 18.6 Å². The van der Waals surface area contributed by atoms with Gasteiger partial charge in [0.15, 0.2) is 12.1 Å². The Labute approximate surface area is 283 Å². The number of likely N-dealkylation sites (tertiary alicyclic amines) is 1. The van der Waals surface area contributed by atoms with E-state index in [4.69, 9.17) is 18.9 Å². The summed E-state index contributed by atoms with van der Waals surface area (Å²) < 4.78 is 24.9. The minimum Gasteiger partial charge on any atom is -0.463 e. The van der Waals surface area contributed by atoms with Crippen molar-refractivity contribution in [3.8, 4) is 0 Å². The Morgan fingerprint density at radius 3 is 2.26 bits per heavy atom. The highest BCUT2D eigenvalue weighted by molar-refractivity contribution is 6.00. The highest BCUT2D eigenvalue weighted by Crippen LogP contribution is 2.38. The van der Waals surface area contributed by atoms with E-state index in [0.29, 0.717) is 51.9 Å². The predicted molar refractivity (Wildman–Crippen MR) is 180 cm³/mol. The lowest BCUT2D eigenvalue weighted by Crippen LogP contribution is -2.60. The van der Waals surface area contributed by atoms with E-state index < -0.39 is 47.4 Å². The van der Waals surface area contributed by atoms with E-state index in [9.17, 15) is 19.5 Å². The summed E-state index contributed by atoms with van der Waals surface area (Å²) in [5.74, 6) is -2.45. The number of nitrogens with zero attached hydrogens (tertiary/aromatic N) is 4. The number of carbonyl (C=O) groups is 3. The maximum Gasteiger partial charge on any atom is 0.316 e. The van der Waals surface area contributed by atoms with Crippen LogP contribution in [-0.4, -0.2) is 158 Å². The van der Waals surface area contributed by atoms with E-state index in [1.807, 2.05) is 37.7 Å². The normalized spacial score (nSPS) is 36.6. The molecule has 3 aliphatic heterocycles. The fourth-order valence-electron chi connectivity index (χ4n) is 7.86. The van der Waals surface area contributed by atoms with E-state index in [-0.39, 0.29) is 36.4 Å². The molecule has 3 aliphatic rings. The Balaban J connectivity index is 1.90. The van der Waals surface area contributed by atoms with Gasteiger partial charge in [-0.1, -0.05) is 27.7 Å². The van der Waals surface area contributed by atoms with Gasteiger partial charge in [-0.15, -0.1) is 0 Å². The third-order valence-electron chi connectivity index (χ3n) is 11.2. The van der Waals surface area contributed by atoms with Gasteiger partial charge in [-0.25, -0.2) is 0 Å². The van der Waals surface area contributed by atoms with Crippen LogP contribution in [0.15, 0.2) is 0 Å². The molecule has 272 valence electrons. The number of methoxy groups -OCH3 is 1. The first-order valence-corrected chi connectivity index (χ1v) is 17.6. The molecule has 3 saturated heterocycles. The van der Waals surface area contributed by atoms with Crippen LogP contribution in [-0.2, 0) is 33.3 Å². The Morgan fingerprint density at radius 2 is 1.70 bits per heavy atom. The third kappa shape index (κ3) is 9.32. The number of likely N-dealkylation sites (N-methyl/N-ethyl adjacent to an activating group) is 3. The number of esters is 1. The van der Waals surface area contributed by atoms with Gasteiger partial charge in [0.05, 0.1) is 29.9 Å². The lowest BCUT2D eigenvalue weighted by atomic mass is 9.78. The molecule has 47 heavy (non-hydrogen) atoms. The van der Waals surface area contributed by atoms with Crippen LogP contribution in [0, 0.1) is 17.8 Å². The number of ketones is 1. The molecule has 1 N–H and O–H groups in total. The van der Waals surface area contributed by atoms with Crippen molar-refractivity contribution in [2.75, 3.05) is 74.1 Å². The zero-order valence-electron chi connectivity index (χ0n) is 31.0. The molecule has 0 aromatic carbocycles. The van der Waals surface area contributed by atoms with Crippen LogP contribution in [0.3, 0.4) is 0 Å². The van der Waals surface area contributed by atoms with Gasteiger partial charge in [-0.3, -0.25) is 24.2 Å². The molecule has 12 heteroatoms. The van der Waals surface area contributed by atoms with Gasteiger partial charge in [0, 0.05) is 38.7 Å². The van der Waals surface area contributed by atoms with Gasteiger partial charge in [0.2, 0.25) is 5.91 Å². The summed E-state index contributed by atoms with van der Waals surface area (Å²) in [5, 5.41) is 11.3. The quantitative estimate of drug-likeness (QED) is 0.303. The molecular formula is C35H64N4O8. The second-order valence-electron chi connectivity index (χ2n) is 14.9. The first-order chi connectivity index (χ1) is 22.0. The average molecular weight is 669 g/mol. The summed E-state index contributed by atoms with van der Waals surface area (Å²) in [6.07, 6.45) is -0.389. The number of Topliss-reactive ketones (excluding diaryl/α,β-unsaturated/α-hetero) is 1. The lowest BCUT2D eigenvalue weighted by molar-refractivity contribution is -0.295. The molecule has 3 fully saturated rings. The summed E-state index contributed by atoms with van der Waals surface area (Å²) in [4.78, 5) is 48.9. The van der Waals surface area contributed by atoms with Crippen molar-refractivity contribution < 1.29 is 38.4 Å². The standard InChI is InChI=1S/C35H64N4O8/c1-12-38(13-2)21-28(40)39-16-14-35(15-17-39)22-45-32(43)26(6)29(41)25(5)31(34(7,44-11)19-23(3)20-37(35)10)47-33-30(42)27(36(8)9)18-24(4)46-33/h23-27,30-31,33,42H,12-22H2,1-11H3/t23-,24-,25+,26?,27+,30-,31-,33+,34-/m1/s1. The van der Waals surface area contributed by atoms with E-state index in [1.54, 1.807) is 21.0 Å². The molecule has 0 aromatic heterocycles. The van der Waals surface area contributed by atoms with Crippen LogP contribution in [0.1, 0.15) is 74.1 Å². The maximum atomic E-state index is 14.0. The van der Waals surface area contributed by atoms with E-state index >= 15 is 0 Å². The monoisotopic (exact) mass is 668 g/mol. The first-order valence-electron chi connectivity index (χ1n) is 17.6. The van der Waals surface area contributed by atoms with Crippen molar-refractivity contribution in [2.45, 2.75) is 116 Å². The molecule has 0 radical (unpaired) electrons. The number of piperidine rings is 1. The van der Waals surface area contributed by atoms with Gasteiger partial charge < -0.3 is 33.9 Å². The second-order valence-corrected chi connectivity index (χ2v) is 14.9.